The van der Waals surface area contributed by atoms with Crippen LogP contribution in [-0.2, 0) is 6.54 Å². The van der Waals surface area contributed by atoms with Gasteiger partial charge in [0.25, 0.3) is 0 Å². The maximum Gasteiger partial charge on any atom is 0.150 e. The Morgan fingerprint density at radius 1 is 1.00 bits per heavy atom. The lowest BCUT2D eigenvalue weighted by atomic mass is 10.1. The molecule has 118 valence electrons. The molecule has 24 heavy (non-hydrogen) atoms. The molecule has 3 N–H and O–H groups in total. The lowest BCUT2D eigenvalue weighted by Crippen LogP contribution is -2.01. The summed E-state index contributed by atoms with van der Waals surface area (Å²) in [5.41, 5.74) is 11.1. The smallest absolute Gasteiger partial charge is 0.150 e. The molecule has 0 atom stereocenters. The molecule has 4 rings (SSSR count). The second-order valence-corrected chi connectivity index (χ2v) is 5.98. The van der Waals surface area contributed by atoms with Crippen LogP contribution in [0.15, 0.2) is 60.8 Å². The van der Waals surface area contributed by atoms with Crippen molar-refractivity contribution in [3.63, 3.8) is 0 Å². The number of nitrogen functional groups attached to an aromatic ring is 1. The molecule has 0 saturated carbocycles. The van der Waals surface area contributed by atoms with Gasteiger partial charge in [0, 0.05) is 29.2 Å². The van der Waals surface area contributed by atoms with Crippen molar-refractivity contribution in [3.8, 4) is 0 Å². The number of nitrogens with two attached hydrogens (primary N) is 1. The van der Waals surface area contributed by atoms with E-state index in [9.17, 15) is 0 Å². The van der Waals surface area contributed by atoms with Crippen LogP contribution < -0.4 is 11.1 Å². The van der Waals surface area contributed by atoms with Gasteiger partial charge in [-0.2, -0.15) is 0 Å². The van der Waals surface area contributed by atoms with Crippen LogP contribution in [-0.4, -0.2) is 9.97 Å². The highest BCUT2D eigenvalue weighted by atomic mass is 14.9. The number of benzene rings is 2. The van der Waals surface area contributed by atoms with Crippen LogP contribution in [0.5, 0.6) is 0 Å². The van der Waals surface area contributed by atoms with Crippen LogP contribution in [0.2, 0.25) is 0 Å². The zero-order chi connectivity index (χ0) is 16.5. The summed E-state index contributed by atoms with van der Waals surface area (Å²) in [6.45, 7) is 2.77. The van der Waals surface area contributed by atoms with Crippen LogP contribution in [0.4, 0.5) is 11.5 Å². The minimum absolute atomic E-state index is 0.477. The van der Waals surface area contributed by atoms with Crippen LogP contribution >= 0.6 is 0 Å². The molecule has 0 unspecified atom stereocenters. The maximum absolute atomic E-state index is 6.10. The van der Waals surface area contributed by atoms with Crippen molar-refractivity contribution in [2.75, 3.05) is 11.1 Å². The number of para-hydroxylation sites is 1. The Bertz CT molecular complexity index is 1030. The van der Waals surface area contributed by atoms with Crippen molar-refractivity contribution >= 4 is 33.3 Å². The summed E-state index contributed by atoms with van der Waals surface area (Å²) in [6.07, 6.45) is 1.86. The minimum atomic E-state index is 0.477. The molecule has 0 aliphatic carbocycles. The van der Waals surface area contributed by atoms with E-state index in [4.69, 9.17) is 5.73 Å². The Balaban J connectivity index is 1.77. The number of aryl methyl sites for hydroxylation is 1. The van der Waals surface area contributed by atoms with E-state index >= 15 is 0 Å². The number of aromatic nitrogens is 2. The summed E-state index contributed by atoms with van der Waals surface area (Å²) in [5.74, 6) is 0.477. The zero-order valence-corrected chi connectivity index (χ0v) is 13.5. The largest absolute Gasteiger partial charge is 0.382 e. The molecule has 0 radical (unpaired) electrons. The maximum atomic E-state index is 6.10. The lowest BCUT2D eigenvalue weighted by molar-refractivity contribution is 1.13. The van der Waals surface area contributed by atoms with E-state index in [0.717, 1.165) is 33.1 Å². The number of anilines is 2. The third-order valence-electron chi connectivity index (χ3n) is 4.14. The number of hydrogen-bond donors (Lipinski definition) is 2. The molecule has 0 aliphatic rings. The highest BCUT2D eigenvalue weighted by molar-refractivity contribution is 6.08. The molecule has 2 aromatic heterocycles. The van der Waals surface area contributed by atoms with Gasteiger partial charge in [0.15, 0.2) is 5.82 Å². The minimum Gasteiger partial charge on any atom is -0.382 e. The van der Waals surface area contributed by atoms with Crippen LogP contribution in [0.3, 0.4) is 0 Å². The van der Waals surface area contributed by atoms with Gasteiger partial charge in [0.1, 0.15) is 5.52 Å². The number of nitrogens with one attached hydrogen (secondary N) is 1. The Labute approximate surface area is 140 Å². The van der Waals surface area contributed by atoms with Crippen molar-refractivity contribution in [2.45, 2.75) is 13.5 Å². The SMILES string of the molecule is Cc1ccc2c(c1)nc(N)c1ncc(CNc3ccccc3)cc12. The molecule has 0 saturated heterocycles. The highest BCUT2D eigenvalue weighted by Gasteiger charge is 2.08. The average Bonchev–Trinajstić information content (AvgIpc) is 2.60. The number of rotatable bonds is 3. The van der Waals surface area contributed by atoms with E-state index in [-0.39, 0.29) is 0 Å². The summed E-state index contributed by atoms with van der Waals surface area (Å²) in [7, 11) is 0. The molecule has 4 nitrogen and oxygen atoms in total. The van der Waals surface area contributed by atoms with Gasteiger partial charge in [-0.05, 0) is 42.3 Å². The van der Waals surface area contributed by atoms with Crippen molar-refractivity contribution in [1.29, 1.82) is 0 Å². The van der Waals surface area contributed by atoms with Gasteiger partial charge in [0.2, 0.25) is 0 Å². The highest BCUT2D eigenvalue weighted by Crippen LogP contribution is 2.27. The summed E-state index contributed by atoms with van der Waals surface area (Å²) in [6, 6.07) is 18.5. The Morgan fingerprint density at radius 3 is 2.67 bits per heavy atom. The van der Waals surface area contributed by atoms with Gasteiger partial charge in [-0.15, -0.1) is 0 Å². The predicted octanol–water partition coefficient (Wildman–Crippen LogP) is 4.29. The lowest BCUT2D eigenvalue weighted by Gasteiger charge is -2.10. The molecule has 2 heterocycles. The molecular weight excluding hydrogens is 296 g/mol. The Kier molecular flexibility index (Phi) is 3.50. The quantitative estimate of drug-likeness (QED) is 0.554. The molecule has 2 aromatic carbocycles. The van der Waals surface area contributed by atoms with E-state index in [1.165, 1.54) is 5.56 Å². The normalized spacial score (nSPS) is 11.0. The van der Waals surface area contributed by atoms with Gasteiger partial charge in [-0.3, -0.25) is 4.98 Å². The van der Waals surface area contributed by atoms with Gasteiger partial charge < -0.3 is 11.1 Å². The van der Waals surface area contributed by atoms with E-state index in [0.29, 0.717) is 12.4 Å². The number of fused-ring (bicyclic) bond motifs is 3. The van der Waals surface area contributed by atoms with Crippen molar-refractivity contribution in [3.05, 3.63) is 71.9 Å². The number of pyridine rings is 2. The first-order valence-electron chi connectivity index (χ1n) is 7.94. The first kappa shape index (κ1) is 14.5. The fourth-order valence-electron chi connectivity index (χ4n) is 2.92. The van der Waals surface area contributed by atoms with Crippen LogP contribution in [0, 0.1) is 6.92 Å². The molecule has 0 aliphatic heterocycles. The predicted molar refractivity (Wildman–Crippen MR) is 100.0 cm³/mol. The summed E-state index contributed by atoms with van der Waals surface area (Å²) < 4.78 is 0. The molecular formula is C20H18N4. The van der Waals surface area contributed by atoms with Gasteiger partial charge in [-0.25, -0.2) is 4.98 Å². The fraction of sp³-hybridized carbons (Fsp3) is 0.100. The second-order valence-electron chi connectivity index (χ2n) is 5.98. The van der Waals surface area contributed by atoms with Crippen molar-refractivity contribution < 1.29 is 0 Å². The van der Waals surface area contributed by atoms with Gasteiger partial charge in [-0.1, -0.05) is 30.3 Å². The molecule has 4 heteroatoms. The van der Waals surface area contributed by atoms with Crippen molar-refractivity contribution in [1.82, 2.24) is 9.97 Å². The summed E-state index contributed by atoms with van der Waals surface area (Å²) in [5, 5.41) is 5.54. The molecule has 0 spiro atoms. The first-order chi connectivity index (χ1) is 11.7. The second kappa shape index (κ2) is 5.81. The van der Waals surface area contributed by atoms with E-state index in [2.05, 4.69) is 58.6 Å². The van der Waals surface area contributed by atoms with E-state index in [1.54, 1.807) is 0 Å². The average molecular weight is 314 g/mol. The molecule has 0 bridgehead atoms. The molecule has 4 aromatic rings. The Morgan fingerprint density at radius 2 is 1.83 bits per heavy atom. The first-order valence-corrected chi connectivity index (χ1v) is 7.94. The molecule has 0 amide bonds. The van der Waals surface area contributed by atoms with Crippen LogP contribution in [0.1, 0.15) is 11.1 Å². The summed E-state index contributed by atoms with van der Waals surface area (Å²) >= 11 is 0. The van der Waals surface area contributed by atoms with Gasteiger partial charge in [0.05, 0.1) is 5.52 Å². The monoisotopic (exact) mass is 314 g/mol. The van der Waals surface area contributed by atoms with Gasteiger partial charge >= 0.3 is 0 Å². The Hall–Kier alpha value is -3.14. The van der Waals surface area contributed by atoms with Crippen molar-refractivity contribution in [2.24, 2.45) is 0 Å². The summed E-state index contributed by atoms with van der Waals surface area (Å²) in [4.78, 5) is 9.03. The van der Waals surface area contributed by atoms with E-state index < -0.39 is 0 Å². The molecule has 0 fully saturated rings. The standard InChI is InChI=1S/C20H18N4/c1-13-7-8-16-17-10-14(11-22-15-5-3-2-4-6-15)12-23-19(17)20(21)24-18(16)9-13/h2-10,12,22H,11H2,1H3,(H2,21,24). The number of nitrogens with zero attached hydrogens (tertiary/aromatic N) is 2. The van der Waals surface area contributed by atoms with Crippen LogP contribution in [0.25, 0.3) is 21.8 Å². The number of hydrogen-bond acceptors (Lipinski definition) is 4. The van der Waals surface area contributed by atoms with E-state index in [1.807, 2.05) is 24.4 Å². The third-order valence-corrected chi connectivity index (χ3v) is 4.14. The third kappa shape index (κ3) is 2.63. The topological polar surface area (TPSA) is 63.8 Å². The fourth-order valence-corrected chi connectivity index (χ4v) is 2.92. The zero-order valence-electron chi connectivity index (χ0n) is 13.5.